The van der Waals surface area contributed by atoms with Crippen molar-refractivity contribution in [3.8, 4) is 11.3 Å². The molecule has 1 atom stereocenters. The average molecular weight is 402 g/mol. The maximum absolute atomic E-state index is 12.1. The van der Waals surface area contributed by atoms with Crippen molar-refractivity contribution in [1.29, 1.82) is 5.41 Å². The molecule has 0 radical (unpaired) electrons. The summed E-state index contributed by atoms with van der Waals surface area (Å²) in [5.41, 5.74) is 6.93. The molecule has 0 saturated heterocycles. The highest BCUT2D eigenvalue weighted by Gasteiger charge is 2.31. The van der Waals surface area contributed by atoms with Gasteiger partial charge in [-0.1, -0.05) is 18.2 Å². The second-order valence-corrected chi connectivity index (χ2v) is 7.33. The van der Waals surface area contributed by atoms with Crippen molar-refractivity contribution < 1.29 is 24.2 Å². The number of anilines is 1. The van der Waals surface area contributed by atoms with E-state index < -0.39 is 17.4 Å². The second kappa shape index (κ2) is 6.73. The number of nitrogen functional groups attached to an aromatic ring is 1. The first-order valence-electron chi connectivity index (χ1n) is 9.10. The summed E-state index contributed by atoms with van der Waals surface area (Å²) in [6.07, 6.45) is 5.68. The third-order valence-corrected chi connectivity index (χ3v) is 5.19. The van der Waals surface area contributed by atoms with E-state index in [4.69, 9.17) is 15.6 Å². The van der Waals surface area contributed by atoms with Crippen molar-refractivity contribution in [3.05, 3.63) is 77.2 Å². The molecule has 0 saturated carbocycles. The lowest BCUT2D eigenvalue weighted by Gasteiger charge is -2.17. The van der Waals surface area contributed by atoms with Crippen LogP contribution in [0.25, 0.3) is 27.9 Å². The maximum atomic E-state index is 12.1. The predicted molar refractivity (Wildman–Crippen MR) is 112 cm³/mol. The molecular weight excluding hydrogens is 384 g/mol. The summed E-state index contributed by atoms with van der Waals surface area (Å²) >= 11 is 0. The number of fused-ring (bicyclic) bond motifs is 2. The van der Waals surface area contributed by atoms with Gasteiger partial charge in [0.2, 0.25) is 0 Å². The normalized spacial score (nSPS) is 18.7. The number of hydrogen-bond donors (Lipinski definition) is 4. The lowest BCUT2D eigenvalue weighted by atomic mass is 9.89. The molecule has 3 aliphatic rings. The SMILES string of the molecule is CC1(C(=O)O)C=CC(C(=O)O)=C(c2c3ccc(=N)cc-3oc3cc(N)ccc23)C=C1. The van der Waals surface area contributed by atoms with Gasteiger partial charge in [-0.25, -0.2) is 4.79 Å². The number of allylic oxidation sites excluding steroid dienone is 2. The van der Waals surface area contributed by atoms with Gasteiger partial charge < -0.3 is 25.8 Å². The van der Waals surface area contributed by atoms with E-state index in [0.717, 1.165) is 0 Å². The zero-order valence-corrected chi connectivity index (χ0v) is 16.0. The first-order valence-corrected chi connectivity index (χ1v) is 9.10. The Labute approximate surface area is 170 Å². The molecule has 0 aromatic heterocycles. The number of carbonyl (C=O) groups is 2. The van der Waals surface area contributed by atoms with Crippen molar-refractivity contribution in [3.63, 3.8) is 0 Å². The quantitative estimate of drug-likeness (QED) is 0.390. The van der Waals surface area contributed by atoms with E-state index in [9.17, 15) is 19.8 Å². The molecule has 7 heteroatoms. The first-order chi connectivity index (χ1) is 14.2. The molecule has 5 N–H and O–H groups in total. The van der Waals surface area contributed by atoms with Crippen LogP contribution in [-0.2, 0) is 9.59 Å². The molecule has 0 spiro atoms. The van der Waals surface area contributed by atoms with E-state index in [1.54, 1.807) is 36.4 Å². The Morgan fingerprint density at radius 1 is 1.07 bits per heavy atom. The van der Waals surface area contributed by atoms with Gasteiger partial charge in [-0.3, -0.25) is 4.79 Å². The van der Waals surface area contributed by atoms with Gasteiger partial charge in [0.1, 0.15) is 16.8 Å². The largest absolute Gasteiger partial charge is 0.480 e. The van der Waals surface area contributed by atoms with Crippen molar-refractivity contribution in [1.82, 2.24) is 0 Å². The summed E-state index contributed by atoms with van der Waals surface area (Å²) in [7, 11) is 0. The zero-order chi connectivity index (χ0) is 21.6. The molecule has 150 valence electrons. The summed E-state index contributed by atoms with van der Waals surface area (Å²) in [4.78, 5) is 23.8. The fourth-order valence-corrected chi connectivity index (χ4v) is 3.49. The van der Waals surface area contributed by atoms with Gasteiger partial charge in [0.25, 0.3) is 0 Å². The number of hydrogen-bond acceptors (Lipinski definition) is 5. The molecule has 1 aromatic carbocycles. The molecule has 1 aliphatic heterocycles. The zero-order valence-electron chi connectivity index (χ0n) is 16.0. The molecule has 7 nitrogen and oxygen atoms in total. The van der Waals surface area contributed by atoms with Crippen LogP contribution in [0, 0.1) is 10.8 Å². The van der Waals surface area contributed by atoms with Gasteiger partial charge in [0.05, 0.1) is 10.9 Å². The number of nitrogens with one attached hydrogen (secondary N) is 1. The Morgan fingerprint density at radius 2 is 1.80 bits per heavy atom. The van der Waals surface area contributed by atoms with Crippen molar-refractivity contribution in [2.45, 2.75) is 6.92 Å². The number of carboxylic acids is 2. The van der Waals surface area contributed by atoms with Crippen LogP contribution >= 0.6 is 0 Å². The number of rotatable bonds is 3. The first kappa shape index (κ1) is 19.2. The molecule has 2 aliphatic carbocycles. The lowest BCUT2D eigenvalue weighted by Crippen LogP contribution is -2.22. The fraction of sp³-hybridized carbons (Fsp3) is 0.0870. The van der Waals surface area contributed by atoms with Gasteiger partial charge in [0, 0.05) is 34.3 Å². The molecule has 1 aromatic rings. The van der Waals surface area contributed by atoms with E-state index in [-0.39, 0.29) is 10.9 Å². The highest BCUT2D eigenvalue weighted by Crippen LogP contribution is 2.41. The Kier molecular flexibility index (Phi) is 4.31. The summed E-state index contributed by atoms with van der Waals surface area (Å²) < 4.78 is 5.94. The molecular formula is C23H18N2O5. The highest BCUT2D eigenvalue weighted by atomic mass is 16.4. The Morgan fingerprint density at radius 3 is 2.50 bits per heavy atom. The van der Waals surface area contributed by atoms with Crippen molar-refractivity contribution >= 4 is 34.2 Å². The summed E-state index contributed by atoms with van der Waals surface area (Å²) in [6, 6.07) is 9.88. The fourth-order valence-electron chi connectivity index (χ4n) is 3.49. The predicted octanol–water partition coefficient (Wildman–Crippen LogP) is 3.65. The monoisotopic (exact) mass is 402 g/mol. The minimum Gasteiger partial charge on any atom is -0.480 e. The van der Waals surface area contributed by atoms with E-state index in [1.165, 1.54) is 31.2 Å². The third-order valence-electron chi connectivity index (χ3n) is 5.19. The Balaban J connectivity index is 2.15. The van der Waals surface area contributed by atoms with Gasteiger partial charge in [-0.05, 0) is 42.8 Å². The number of benzene rings is 2. The van der Waals surface area contributed by atoms with Crippen LogP contribution in [0.15, 0.2) is 70.7 Å². The average Bonchev–Trinajstić information content (AvgIpc) is 2.86. The van der Waals surface area contributed by atoms with E-state index >= 15 is 0 Å². The Hall–Kier alpha value is -4.13. The topological polar surface area (TPSA) is 138 Å². The number of nitrogens with two attached hydrogens (primary N) is 1. The second-order valence-electron chi connectivity index (χ2n) is 7.33. The van der Waals surface area contributed by atoms with Crippen LogP contribution in [0.4, 0.5) is 5.69 Å². The third kappa shape index (κ3) is 3.06. The van der Waals surface area contributed by atoms with Crippen molar-refractivity contribution in [2.75, 3.05) is 5.73 Å². The van der Waals surface area contributed by atoms with Crippen molar-refractivity contribution in [2.24, 2.45) is 5.41 Å². The van der Waals surface area contributed by atoms with Gasteiger partial charge in [0.15, 0.2) is 0 Å². The van der Waals surface area contributed by atoms with Gasteiger partial charge in [-0.2, -0.15) is 0 Å². The number of carboxylic acid groups (broad SMARTS) is 2. The molecule has 0 bridgehead atoms. The van der Waals surface area contributed by atoms with Gasteiger partial charge in [-0.15, -0.1) is 0 Å². The molecule has 0 amide bonds. The van der Waals surface area contributed by atoms with Crippen LogP contribution in [0.5, 0.6) is 0 Å². The van der Waals surface area contributed by atoms with E-state index in [0.29, 0.717) is 39.1 Å². The maximum Gasteiger partial charge on any atom is 0.336 e. The van der Waals surface area contributed by atoms with Crippen LogP contribution in [0.1, 0.15) is 12.5 Å². The minimum atomic E-state index is -1.36. The van der Waals surface area contributed by atoms with E-state index in [1.807, 2.05) is 0 Å². The summed E-state index contributed by atoms with van der Waals surface area (Å²) in [5, 5.41) is 28.2. The van der Waals surface area contributed by atoms with Crippen LogP contribution in [0.2, 0.25) is 0 Å². The Bertz CT molecular complexity index is 1350. The highest BCUT2D eigenvalue weighted by molar-refractivity contribution is 6.09. The van der Waals surface area contributed by atoms with E-state index in [2.05, 4.69) is 0 Å². The lowest BCUT2D eigenvalue weighted by molar-refractivity contribution is -0.143. The number of aliphatic carboxylic acids is 2. The molecule has 30 heavy (non-hydrogen) atoms. The van der Waals surface area contributed by atoms with Crippen LogP contribution in [-0.4, -0.2) is 22.2 Å². The molecule has 0 fully saturated rings. The summed E-state index contributed by atoms with van der Waals surface area (Å²) in [6.45, 7) is 1.49. The standard InChI is InChI=1S/C23H18N2O5/c1-23(22(28)29)8-6-14(15(7-9-23)21(26)27)20-16-4-2-12(24)10-18(16)30-19-11-13(25)3-5-17(19)20/h2-11,24H,25H2,1H3,(H,26,27)(H,28,29). The van der Waals surface area contributed by atoms with Gasteiger partial charge >= 0.3 is 11.9 Å². The smallest absolute Gasteiger partial charge is 0.336 e. The summed E-state index contributed by atoms with van der Waals surface area (Å²) in [5.74, 6) is -1.88. The molecule has 1 heterocycles. The van der Waals surface area contributed by atoms with Crippen LogP contribution in [0.3, 0.4) is 0 Å². The molecule has 1 unspecified atom stereocenters. The van der Waals surface area contributed by atoms with Crippen LogP contribution < -0.4 is 11.1 Å². The molecule has 4 rings (SSSR count). The minimum absolute atomic E-state index is 0.0446.